The molecule has 0 radical (unpaired) electrons. The van der Waals surface area contributed by atoms with Crippen LogP contribution in [-0.4, -0.2) is 19.9 Å². The van der Waals surface area contributed by atoms with E-state index in [1.54, 1.807) is 39.3 Å². The van der Waals surface area contributed by atoms with Gasteiger partial charge in [-0.05, 0) is 27.7 Å². The number of aromatic nitrogens is 4. The number of hydrogen-bond acceptors (Lipinski definition) is 5. The largest absolute Gasteiger partial charge is 0.474 e. The number of benzene rings is 1. The van der Waals surface area contributed by atoms with Crippen LogP contribution >= 0.6 is 0 Å². The quantitative estimate of drug-likeness (QED) is 0.702. The van der Waals surface area contributed by atoms with E-state index in [-0.39, 0.29) is 0 Å². The second-order valence-corrected chi connectivity index (χ2v) is 6.42. The molecule has 26 heavy (non-hydrogen) atoms. The van der Waals surface area contributed by atoms with Crippen LogP contribution in [0.2, 0.25) is 0 Å². The van der Waals surface area contributed by atoms with Gasteiger partial charge in [0.15, 0.2) is 34.6 Å². The third kappa shape index (κ3) is 2.93. The second kappa shape index (κ2) is 6.15. The van der Waals surface area contributed by atoms with Crippen LogP contribution in [-0.2, 0) is 12.6 Å². The third-order valence-electron chi connectivity index (χ3n) is 3.99. The fourth-order valence-corrected chi connectivity index (χ4v) is 2.80. The van der Waals surface area contributed by atoms with Crippen molar-refractivity contribution in [2.45, 2.75) is 33.3 Å². The first-order valence-electron chi connectivity index (χ1n) is 7.78. The molecular formula is C17H17F3N4O2. The highest BCUT2D eigenvalue weighted by molar-refractivity contribution is 5.60. The van der Waals surface area contributed by atoms with Crippen LogP contribution in [0.25, 0.3) is 11.4 Å². The third-order valence-corrected chi connectivity index (χ3v) is 3.99. The Morgan fingerprint density at radius 1 is 1.08 bits per heavy atom. The van der Waals surface area contributed by atoms with E-state index in [1.165, 1.54) is 0 Å². The summed E-state index contributed by atoms with van der Waals surface area (Å²) in [5.74, 6) is -2.61. The maximum atomic E-state index is 13.9. The van der Waals surface area contributed by atoms with Crippen molar-refractivity contribution in [2.24, 2.45) is 7.05 Å². The molecule has 3 rings (SSSR count). The predicted molar refractivity (Wildman–Crippen MR) is 85.9 cm³/mol. The standard InChI is InChI=1S/C17H17F3N4O2/c1-8-13(9(2)26-23-8)15-21-22-16(24(15)5)17(3,4)25-14-11(19)6-10(18)7-12(14)20/h6-7H,1-5H3. The van der Waals surface area contributed by atoms with E-state index in [9.17, 15) is 13.2 Å². The predicted octanol–water partition coefficient (Wildman–Crippen LogP) is 3.82. The van der Waals surface area contributed by atoms with Crippen molar-refractivity contribution in [3.8, 4) is 17.1 Å². The van der Waals surface area contributed by atoms with E-state index in [0.717, 1.165) is 0 Å². The van der Waals surface area contributed by atoms with Crippen molar-refractivity contribution >= 4 is 0 Å². The average Bonchev–Trinajstić information content (AvgIpc) is 3.06. The summed E-state index contributed by atoms with van der Waals surface area (Å²) in [5, 5.41) is 12.1. The number of halogens is 3. The molecule has 0 aliphatic rings. The Hall–Kier alpha value is -2.84. The summed E-state index contributed by atoms with van der Waals surface area (Å²) in [4.78, 5) is 0. The van der Waals surface area contributed by atoms with E-state index >= 15 is 0 Å². The molecule has 138 valence electrons. The molecule has 9 heteroatoms. The van der Waals surface area contributed by atoms with Crippen molar-refractivity contribution in [2.75, 3.05) is 0 Å². The number of aryl methyl sites for hydroxylation is 2. The minimum Gasteiger partial charge on any atom is -0.474 e. The van der Waals surface area contributed by atoms with Crippen molar-refractivity contribution in [3.63, 3.8) is 0 Å². The van der Waals surface area contributed by atoms with Crippen LogP contribution in [0.5, 0.6) is 5.75 Å². The molecular weight excluding hydrogens is 349 g/mol. The van der Waals surface area contributed by atoms with Crippen LogP contribution in [0.15, 0.2) is 16.7 Å². The SMILES string of the molecule is Cc1noc(C)c1-c1nnc(C(C)(C)Oc2c(F)cc(F)cc2F)n1C. The minimum absolute atomic E-state index is 0.315. The molecule has 0 aliphatic heterocycles. The molecule has 2 aromatic heterocycles. The molecule has 0 spiro atoms. The fraction of sp³-hybridized carbons (Fsp3) is 0.353. The summed E-state index contributed by atoms with van der Waals surface area (Å²) in [6.45, 7) is 6.67. The van der Waals surface area contributed by atoms with Gasteiger partial charge in [0.25, 0.3) is 0 Å². The smallest absolute Gasteiger partial charge is 0.192 e. The molecule has 0 N–H and O–H groups in total. The summed E-state index contributed by atoms with van der Waals surface area (Å²) >= 11 is 0. The zero-order valence-electron chi connectivity index (χ0n) is 14.9. The van der Waals surface area contributed by atoms with Gasteiger partial charge in [0.2, 0.25) is 0 Å². The van der Waals surface area contributed by atoms with Crippen molar-refractivity contribution in [3.05, 3.63) is 46.9 Å². The van der Waals surface area contributed by atoms with Crippen LogP contribution in [0.1, 0.15) is 31.1 Å². The summed E-state index contributed by atoms with van der Waals surface area (Å²) in [6.07, 6.45) is 0. The monoisotopic (exact) mass is 366 g/mol. The summed E-state index contributed by atoms with van der Waals surface area (Å²) < 4.78 is 53.2. The van der Waals surface area contributed by atoms with E-state index in [1.807, 2.05) is 0 Å². The van der Waals surface area contributed by atoms with Crippen molar-refractivity contribution in [1.29, 1.82) is 0 Å². The maximum absolute atomic E-state index is 13.9. The molecule has 0 fully saturated rings. The molecule has 0 atom stereocenters. The zero-order valence-corrected chi connectivity index (χ0v) is 14.9. The van der Waals surface area contributed by atoms with Gasteiger partial charge in [-0.3, -0.25) is 0 Å². The lowest BCUT2D eigenvalue weighted by molar-refractivity contribution is 0.0833. The Labute approximate surface area is 147 Å². The maximum Gasteiger partial charge on any atom is 0.192 e. The Balaban J connectivity index is 2.02. The topological polar surface area (TPSA) is 66.0 Å². The van der Waals surface area contributed by atoms with E-state index in [2.05, 4.69) is 15.4 Å². The molecule has 0 saturated heterocycles. The van der Waals surface area contributed by atoms with Gasteiger partial charge in [0.05, 0.1) is 11.3 Å². The number of rotatable bonds is 4. The first kappa shape index (κ1) is 18.0. The highest BCUT2D eigenvalue weighted by Crippen LogP contribution is 2.33. The number of ether oxygens (including phenoxy) is 1. The van der Waals surface area contributed by atoms with Gasteiger partial charge in [-0.25, -0.2) is 13.2 Å². The van der Waals surface area contributed by atoms with Crippen LogP contribution in [0, 0.1) is 31.3 Å². The molecule has 2 heterocycles. The number of nitrogens with zero attached hydrogens (tertiary/aromatic N) is 4. The first-order chi connectivity index (χ1) is 12.1. The molecule has 1 aromatic carbocycles. The Kier molecular flexibility index (Phi) is 4.25. The highest BCUT2D eigenvalue weighted by atomic mass is 19.1. The lowest BCUT2D eigenvalue weighted by Gasteiger charge is -2.26. The van der Waals surface area contributed by atoms with Gasteiger partial charge < -0.3 is 13.8 Å². The Morgan fingerprint density at radius 2 is 1.69 bits per heavy atom. The summed E-state index contributed by atoms with van der Waals surface area (Å²) in [7, 11) is 1.69. The summed E-state index contributed by atoms with van der Waals surface area (Å²) in [5.41, 5.74) is 0.0680. The van der Waals surface area contributed by atoms with Gasteiger partial charge in [0, 0.05) is 19.2 Å². The second-order valence-electron chi connectivity index (χ2n) is 6.42. The fourth-order valence-electron chi connectivity index (χ4n) is 2.80. The summed E-state index contributed by atoms with van der Waals surface area (Å²) in [6, 6.07) is 1.11. The molecule has 3 aromatic rings. The first-order valence-corrected chi connectivity index (χ1v) is 7.78. The molecule has 0 saturated carbocycles. The van der Waals surface area contributed by atoms with Crippen molar-refractivity contribution in [1.82, 2.24) is 19.9 Å². The molecule has 0 unspecified atom stereocenters. The average molecular weight is 366 g/mol. The highest BCUT2D eigenvalue weighted by Gasteiger charge is 2.33. The zero-order chi connectivity index (χ0) is 19.2. The van der Waals surface area contributed by atoms with Crippen LogP contribution < -0.4 is 4.74 Å². The van der Waals surface area contributed by atoms with Crippen LogP contribution in [0.4, 0.5) is 13.2 Å². The lowest BCUT2D eigenvalue weighted by Crippen LogP contribution is -2.30. The van der Waals surface area contributed by atoms with Gasteiger partial charge in [-0.2, -0.15) is 0 Å². The number of hydrogen-bond donors (Lipinski definition) is 0. The van der Waals surface area contributed by atoms with Gasteiger partial charge in [-0.15, -0.1) is 10.2 Å². The Bertz CT molecular complexity index is 936. The van der Waals surface area contributed by atoms with E-state index < -0.39 is 28.8 Å². The normalized spacial score (nSPS) is 11.8. The lowest BCUT2D eigenvalue weighted by atomic mass is 10.1. The Morgan fingerprint density at radius 3 is 2.23 bits per heavy atom. The van der Waals surface area contributed by atoms with Gasteiger partial charge >= 0.3 is 0 Å². The molecule has 0 amide bonds. The van der Waals surface area contributed by atoms with E-state index in [0.29, 0.717) is 40.8 Å². The van der Waals surface area contributed by atoms with Crippen LogP contribution in [0.3, 0.4) is 0 Å². The molecule has 0 bridgehead atoms. The van der Waals surface area contributed by atoms with E-state index in [4.69, 9.17) is 9.26 Å². The van der Waals surface area contributed by atoms with Crippen molar-refractivity contribution < 1.29 is 22.4 Å². The molecule has 6 nitrogen and oxygen atoms in total. The molecule has 0 aliphatic carbocycles. The van der Waals surface area contributed by atoms with Gasteiger partial charge in [0.1, 0.15) is 11.6 Å². The van der Waals surface area contributed by atoms with Gasteiger partial charge in [-0.1, -0.05) is 5.16 Å². The minimum atomic E-state index is -1.25.